The minimum absolute atomic E-state index is 0.0576. The topological polar surface area (TPSA) is 96.8 Å². The van der Waals surface area contributed by atoms with E-state index in [4.69, 9.17) is 9.56 Å². The van der Waals surface area contributed by atoms with E-state index in [0.29, 0.717) is 0 Å². The molecule has 8 heteroatoms. The fourth-order valence-corrected chi connectivity index (χ4v) is 4.02. The van der Waals surface area contributed by atoms with Gasteiger partial charge in [0.2, 0.25) is 5.09 Å². The van der Waals surface area contributed by atoms with Gasteiger partial charge in [0.05, 0.1) is 5.56 Å². The molecule has 0 radical (unpaired) electrons. The van der Waals surface area contributed by atoms with Gasteiger partial charge in [0.25, 0.3) is 15.9 Å². The maximum atomic E-state index is 12.9. The number of amides is 1. The normalized spacial score (nSPS) is 18.4. The highest BCUT2D eigenvalue weighted by atomic mass is 32.2. The quantitative estimate of drug-likeness (QED) is 0.840. The van der Waals surface area contributed by atoms with Gasteiger partial charge in [-0.05, 0) is 31.9 Å². The number of rotatable bonds is 5. The minimum atomic E-state index is -3.98. The summed E-state index contributed by atoms with van der Waals surface area (Å²) in [5.41, 5.74) is 1.48. The SMILES string of the molecule is Cc1oc(S(N)(=O)=O)cc1C(=O)N(C)C1CCCN(Cc2ccccc2)C1. The molecule has 1 unspecified atom stereocenters. The van der Waals surface area contributed by atoms with E-state index in [2.05, 4.69) is 17.0 Å². The number of piperidine rings is 1. The summed E-state index contributed by atoms with van der Waals surface area (Å²) in [5.74, 6) is 0.00513. The number of hydrogen-bond acceptors (Lipinski definition) is 5. The number of sulfonamides is 1. The van der Waals surface area contributed by atoms with Crippen LogP contribution in [0.2, 0.25) is 0 Å². The van der Waals surface area contributed by atoms with E-state index >= 15 is 0 Å². The highest BCUT2D eigenvalue weighted by molar-refractivity contribution is 7.89. The standard InChI is InChI=1S/C19H25N3O4S/c1-14-17(11-18(26-14)27(20,24)25)19(23)21(2)16-9-6-10-22(13-16)12-15-7-4-3-5-8-15/h3-5,7-8,11,16H,6,9-10,12-13H2,1-2H3,(H2,20,24,25). The van der Waals surface area contributed by atoms with Crippen LogP contribution >= 0.6 is 0 Å². The molecule has 146 valence electrons. The summed E-state index contributed by atoms with van der Waals surface area (Å²) in [5, 5.41) is 4.71. The fraction of sp³-hybridized carbons (Fsp3) is 0.421. The Kier molecular flexibility index (Phi) is 5.69. The molecule has 1 amide bonds. The van der Waals surface area contributed by atoms with Gasteiger partial charge in [0.15, 0.2) is 0 Å². The Balaban J connectivity index is 1.70. The Hall–Kier alpha value is -2.16. The summed E-state index contributed by atoms with van der Waals surface area (Å²) in [6.07, 6.45) is 1.91. The van der Waals surface area contributed by atoms with Gasteiger partial charge < -0.3 is 9.32 Å². The number of furan rings is 1. The molecule has 1 aromatic heterocycles. The predicted molar refractivity (Wildman–Crippen MR) is 102 cm³/mol. The van der Waals surface area contributed by atoms with Gasteiger partial charge in [-0.15, -0.1) is 0 Å². The molecule has 1 aromatic carbocycles. The lowest BCUT2D eigenvalue weighted by Gasteiger charge is -2.37. The molecule has 0 bridgehead atoms. The zero-order valence-corrected chi connectivity index (χ0v) is 16.4. The van der Waals surface area contributed by atoms with Crippen molar-refractivity contribution in [3.05, 3.63) is 53.3 Å². The Morgan fingerprint density at radius 1 is 1.33 bits per heavy atom. The summed E-state index contributed by atoms with van der Waals surface area (Å²) in [6, 6.07) is 11.5. The van der Waals surface area contributed by atoms with E-state index in [1.165, 1.54) is 11.6 Å². The maximum Gasteiger partial charge on any atom is 0.271 e. The lowest BCUT2D eigenvalue weighted by molar-refractivity contribution is 0.0607. The van der Waals surface area contributed by atoms with Crippen molar-refractivity contribution < 1.29 is 17.6 Å². The van der Waals surface area contributed by atoms with Gasteiger partial charge in [-0.25, -0.2) is 13.6 Å². The molecular formula is C19H25N3O4S. The molecule has 0 saturated carbocycles. The molecule has 27 heavy (non-hydrogen) atoms. The van der Waals surface area contributed by atoms with Crippen LogP contribution in [0.3, 0.4) is 0 Å². The fourth-order valence-electron chi connectivity index (χ4n) is 3.50. The highest BCUT2D eigenvalue weighted by Crippen LogP contribution is 2.23. The molecule has 1 aliphatic heterocycles. The van der Waals surface area contributed by atoms with Crippen molar-refractivity contribution in [3.63, 3.8) is 0 Å². The third-order valence-corrected chi connectivity index (χ3v) is 5.77. The van der Waals surface area contributed by atoms with E-state index in [0.717, 1.165) is 32.5 Å². The zero-order chi connectivity index (χ0) is 19.6. The summed E-state index contributed by atoms with van der Waals surface area (Å²) in [4.78, 5) is 16.9. The average molecular weight is 391 g/mol. The molecule has 2 N–H and O–H groups in total. The molecule has 0 spiro atoms. The van der Waals surface area contributed by atoms with E-state index < -0.39 is 10.0 Å². The number of aryl methyl sites for hydroxylation is 1. The predicted octanol–water partition coefficient (Wildman–Crippen LogP) is 1.97. The second-order valence-corrected chi connectivity index (χ2v) is 8.51. The Morgan fingerprint density at radius 2 is 2.04 bits per heavy atom. The van der Waals surface area contributed by atoms with Crippen molar-refractivity contribution in [2.75, 3.05) is 20.1 Å². The van der Waals surface area contributed by atoms with E-state index in [9.17, 15) is 13.2 Å². The molecule has 0 aliphatic carbocycles. The number of hydrogen-bond donors (Lipinski definition) is 1. The van der Waals surface area contributed by atoms with Crippen LogP contribution in [0.5, 0.6) is 0 Å². The first-order valence-electron chi connectivity index (χ1n) is 8.92. The monoisotopic (exact) mass is 391 g/mol. The second kappa shape index (κ2) is 7.84. The highest BCUT2D eigenvalue weighted by Gasteiger charge is 2.29. The zero-order valence-electron chi connectivity index (χ0n) is 15.6. The third kappa shape index (κ3) is 4.58. The summed E-state index contributed by atoms with van der Waals surface area (Å²) in [6.45, 7) is 4.18. The average Bonchev–Trinajstić information content (AvgIpc) is 3.04. The van der Waals surface area contributed by atoms with E-state index in [1.807, 2.05) is 18.2 Å². The van der Waals surface area contributed by atoms with Crippen molar-refractivity contribution >= 4 is 15.9 Å². The van der Waals surface area contributed by atoms with Crippen LogP contribution in [0.15, 0.2) is 45.9 Å². The molecule has 3 rings (SSSR count). The molecule has 1 aliphatic rings. The van der Waals surface area contributed by atoms with Crippen molar-refractivity contribution in [1.82, 2.24) is 9.80 Å². The van der Waals surface area contributed by atoms with Crippen LogP contribution in [-0.2, 0) is 16.6 Å². The van der Waals surface area contributed by atoms with Gasteiger partial charge >= 0.3 is 0 Å². The number of nitrogens with two attached hydrogens (primary N) is 1. The summed E-state index contributed by atoms with van der Waals surface area (Å²) < 4.78 is 28.1. The number of carbonyl (C=O) groups excluding carboxylic acids is 1. The summed E-state index contributed by atoms with van der Waals surface area (Å²) in [7, 11) is -2.23. The number of nitrogens with zero attached hydrogens (tertiary/aromatic N) is 2. The molecule has 7 nitrogen and oxygen atoms in total. The van der Waals surface area contributed by atoms with E-state index in [-0.39, 0.29) is 28.4 Å². The Bertz CT molecular complexity index is 908. The van der Waals surface area contributed by atoms with Crippen molar-refractivity contribution in [3.8, 4) is 0 Å². The molecular weight excluding hydrogens is 366 g/mol. The van der Waals surface area contributed by atoms with Gasteiger partial charge in [0.1, 0.15) is 5.76 Å². The first-order chi connectivity index (χ1) is 12.8. The largest absolute Gasteiger partial charge is 0.448 e. The van der Waals surface area contributed by atoms with Crippen LogP contribution in [-0.4, -0.2) is 50.3 Å². The smallest absolute Gasteiger partial charge is 0.271 e. The number of benzene rings is 1. The maximum absolute atomic E-state index is 12.9. The van der Waals surface area contributed by atoms with Crippen molar-refractivity contribution in [1.29, 1.82) is 0 Å². The minimum Gasteiger partial charge on any atom is -0.448 e. The van der Waals surface area contributed by atoms with Crippen LogP contribution in [0.25, 0.3) is 0 Å². The number of likely N-dealkylation sites (tertiary alicyclic amines) is 1. The molecule has 1 atom stereocenters. The number of likely N-dealkylation sites (N-methyl/N-ethyl adjacent to an activating group) is 1. The van der Waals surface area contributed by atoms with Crippen LogP contribution in [0, 0.1) is 6.92 Å². The van der Waals surface area contributed by atoms with E-state index in [1.54, 1.807) is 18.9 Å². The van der Waals surface area contributed by atoms with Crippen LogP contribution in [0.4, 0.5) is 0 Å². The van der Waals surface area contributed by atoms with Crippen molar-refractivity contribution in [2.45, 2.75) is 37.4 Å². The van der Waals surface area contributed by atoms with Gasteiger partial charge in [-0.1, -0.05) is 30.3 Å². The Labute approximate surface area is 159 Å². The van der Waals surface area contributed by atoms with Crippen LogP contribution < -0.4 is 5.14 Å². The van der Waals surface area contributed by atoms with Gasteiger partial charge in [0, 0.05) is 32.2 Å². The Morgan fingerprint density at radius 3 is 2.67 bits per heavy atom. The summed E-state index contributed by atoms with van der Waals surface area (Å²) >= 11 is 0. The molecule has 2 aromatic rings. The number of primary sulfonamides is 1. The van der Waals surface area contributed by atoms with Crippen molar-refractivity contribution in [2.24, 2.45) is 5.14 Å². The molecule has 1 saturated heterocycles. The van der Waals surface area contributed by atoms with Gasteiger partial charge in [-0.2, -0.15) is 0 Å². The lowest BCUT2D eigenvalue weighted by atomic mass is 10.0. The van der Waals surface area contributed by atoms with Gasteiger partial charge in [-0.3, -0.25) is 9.69 Å². The van der Waals surface area contributed by atoms with Crippen LogP contribution in [0.1, 0.15) is 34.5 Å². The second-order valence-electron chi connectivity index (χ2n) is 7.01. The first-order valence-corrected chi connectivity index (χ1v) is 10.5. The number of carbonyl (C=O) groups is 1. The first kappa shape index (κ1) is 19.6. The lowest BCUT2D eigenvalue weighted by Crippen LogP contribution is -2.48. The molecule has 2 heterocycles. The molecule has 1 fully saturated rings. The third-order valence-electron chi connectivity index (χ3n) is 5.00.